The normalized spacial score (nSPS) is 18.7. The molecule has 2 N–H and O–H groups in total. The Labute approximate surface area is 172 Å². The molecule has 0 bridgehead atoms. The number of rotatable bonds is 12. The molecule has 1 aliphatic heterocycles. The highest BCUT2D eigenvalue weighted by Crippen LogP contribution is 2.44. The smallest absolute Gasteiger partial charge is 0.276 e. The minimum atomic E-state index is -0.369. The van der Waals surface area contributed by atoms with Crippen molar-refractivity contribution < 1.29 is 14.3 Å². The molecule has 28 heavy (non-hydrogen) atoms. The Balaban J connectivity index is 1.76. The van der Waals surface area contributed by atoms with Crippen molar-refractivity contribution in [3.63, 3.8) is 0 Å². The average molecular weight is 405 g/mol. The summed E-state index contributed by atoms with van der Waals surface area (Å²) in [6, 6.07) is 7.72. The molecule has 1 aliphatic rings. The van der Waals surface area contributed by atoms with Crippen LogP contribution in [0.25, 0.3) is 0 Å². The number of aryl methyl sites for hydroxylation is 1. The molecule has 0 radical (unpaired) electrons. The highest BCUT2D eigenvalue weighted by Gasteiger charge is 2.39. The van der Waals surface area contributed by atoms with Gasteiger partial charge in [-0.15, -0.1) is 0 Å². The average Bonchev–Trinajstić information content (AvgIpc) is 2.95. The molecule has 6 heteroatoms. The van der Waals surface area contributed by atoms with Gasteiger partial charge in [-0.2, -0.15) is 0 Å². The van der Waals surface area contributed by atoms with E-state index in [-0.39, 0.29) is 22.4 Å². The van der Waals surface area contributed by atoms with E-state index in [1.54, 1.807) is 0 Å². The van der Waals surface area contributed by atoms with Gasteiger partial charge in [0, 0.05) is 6.08 Å². The molecule has 154 valence electrons. The summed E-state index contributed by atoms with van der Waals surface area (Å²) in [6.45, 7) is 6.11. The molecule has 1 atom stereocenters. The van der Waals surface area contributed by atoms with Crippen LogP contribution in [0.1, 0.15) is 64.4 Å². The number of carbonyl (C=O) groups excluding carboxylic acids is 2. The van der Waals surface area contributed by atoms with Crippen molar-refractivity contribution in [2.24, 2.45) is 0 Å². The molecule has 1 unspecified atom stereocenters. The fourth-order valence-corrected chi connectivity index (χ4v) is 4.29. The van der Waals surface area contributed by atoms with Crippen LogP contribution in [0.15, 0.2) is 36.1 Å². The van der Waals surface area contributed by atoms with Gasteiger partial charge in [0.05, 0.1) is 10.4 Å². The SMILES string of the molecule is CCCCCCCCC1(C)SC(=O)C=C1OCC(=O)NNc1cccc(C)c1. The zero-order valence-corrected chi connectivity index (χ0v) is 18.0. The molecule has 0 saturated heterocycles. The number of hydrazine groups is 1. The molecule has 2 rings (SSSR count). The number of thioether (sulfide) groups is 1. The Kier molecular flexibility index (Phi) is 8.90. The fraction of sp³-hybridized carbons (Fsp3) is 0.545. The summed E-state index contributed by atoms with van der Waals surface area (Å²) in [5, 5.41) is 0.00165. The van der Waals surface area contributed by atoms with E-state index in [1.807, 2.05) is 38.1 Å². The largest absolute Gasteiger partial charge is 0.486 e. The van der Waals surface area contributed by atoms with Gasteiger partial charge in [-0.3, -0.25) is 20.4 Å². The van der Waals surface area contributed by atoms with Crippen LogP contribution in [0.3, 0.4) is 0 Å². The molecule has 0 fully saturated rings. The molecule has 0 spiro atoms. The lowest BCUT2D eigenvalue weighted by atomic mass is 9.99. The molecule has 1 aromatic rings. The lowest BCUT2D eigenvalue weighted by Crippen LogP contribution is -2.34. The Morgan fingerprint density at radius 3 is 2.68 bits per heavy atom. The number of ether oxygens (including phenoxy) is 1. The van der Waals surface area contributed by atoms with E-state index in [0.29, 0.717) is 5.76 Å². The maximum atomic E-state index is 12.1. The number of hydrogen-bond acceptors (Lipinski definition) is 5. The van der Waals surface area contributed by atoms with E-state index < -0.39 is 0 Å². The first kappa shape index (κ1) is 22.3. The first-order chi connectivity index (χ1) is 13.4. The van der Waals surface area contributed by atoms with Gasteiger partial charge in [-0.05, 0) is 38.0 Å². The van der Waals surface area contributed by atoms with Gasteiger partial charge < -0.3 is 4.74 Å². The van der Waals surface area contributed by atoms with Gasteiger partial charge in [0.1, 0.15) is 5.76 Å². The van der Waals surface area contributed by atoms with Crippen LogP contribution in [0.2, 0.25) is 0 Å². The molecule has 1 aromatic carbocycles. The third-order valence-electron chi connectivity index (χ3n) is 4.83. The summed E-state index contributed by atoms with van der Waals surface area (Å²) < 4.78 is 5.36. The van der Waals surface area contributed by atoms with E-state index in [4.69, 9.17) is 4.74 Å². The summed E-state index contributed by atoms with van der Waals surface area (Å²) in [7, 11) is 0. The summed E-state index contributed by atoms with van der Waals surface area (Å²) in [5.74, 6) is 0.329. The molecule has 0 aliphatic carbocycles. The Bertz CT molecular complexity index is 705. The summed E-state index contributed by atoms with van der Waals surface area (Å²) >= 11 is 1.30. The lowest BCUT2D eigenvalue weighted by molar-refractivity contribution is -0.124. The second kappa shape index (κ2) is 11.1. The topological polar surface area (TPSA) is 67.4 Å². The number of unbranched alkanes of at least 4 members (excludes halogenated alkanes) is 5. The number of benzene rings is 1. The van der Waals surface area contributed by atoms with Crippen molar-refractivity contribution in [1.82, 2.24) is 5.43 Å². The van der Waals surface area contributed by atoms with Crippen molar-refractivity contribution >= 4 is 28.5 Å². The summed E-state index contributed by atoms with van der Waals surface area (Å²) in [6.07, 6.45) is 9.66. The maximum absolute atomic E-state index is 12.1. The van der Waals surface area contributed by atoms with Crippen molar-refractivity contribution in [2.45, 2.75) is 70.5 Å². The standard InChI is InChI=1S/C22H32N2O3S/c1-4-5-6-7-8-9-13-22(3)19(15-21(26)28-22)27-16-20(25)24-23-18-12-10-11-17(2)14-18/h10-12,14-15,23H,4-9,13,16H2,1-3H3,(H,24,25). The molecular formula is C22H32N2O3S. The van der Waals surface area contributed by atoms with E-state index in [2.05, 4.69) is 17.8 Å². The van der Waals surface area contributed by atoms with Gasteiger partial charge in [0.2, 0.25) is 5.12 Å². The summed E-state index contributed by atoms with van der Waals surface area (Å²) in [4.78, 5) is 24.0. The Morgan fingerprint density at radius 2 is 1.93 bits per heavy atom. The molecule has 1 heterocycles. The van der Waals surface area contributed by atoms with Crippen molar-refractivity contribution in [3.05, 3.63) is 41.7 Å². The third kappa shape index (κ3) is 7.23. The van der Waals surface area contributed by atoms with Crippen molar-refractivity contribution in [1.29, 1.82) is 0 Å². The van der Waals surface area contributed by atoms with Crippen LogP contribution in [0.4, 0.5) is 5.69 Å². The second-order valence-electron chi connectivity index (χ2n) is 7.51. The monoisotopic (exact) mass is 404 g/mol. The van der Waals surface area contributed by atoms with Crippen LogP contribution in [0, 0.1) is 6.92 Å². The zero-order chi connectivity index (χ0) is 20.4. The summed E-state index contributed by atoms with van der Waals surface area (Å²) in [5.41, 5.74) is 7.42. The lowest BCUT2D eigenvalue weighted by Gasteiger charge is -2.26. The van der Waals surface area contributed by atoms with E-state index in [0.717, 1.165) is 24.1 Å². The Morgan fingerprint density at radius 1 is 1.18 bits per heavy atom. The van der Waals surface area contributed by atoms with Gasteiger partial charge >= 0.3 is 0 Å². The van der Waals surface area contributed by atoms with Crippen LogP contribution in [-0.2, 0) is 14.3 Å². The van der Waals surface area contributed by atoms with Gasteiger partial charge in [-0.25, -0.2) is 0 Å². The molecular weight excluding hydrogens is 372 g/mol. The van der Waals surface area contributed by atoms with Crippen LogP contribution in [-0.4, -0.2) is 22.4 Å². The number of hydrogen-bond donors (Lipinski definition) is 2. The predicted octanol–water partition coefficient (Wildman–Crippen LogP) is 5.12. The van der Waals surface area contributed by atoms with E-state index in [1.165, 1.54) is 49.9 Å². The van der Waals surface area contributed by atoms with Crippen molar-refractivity contribution in [3.8, 4) is 0 Å². The van der Waals surface area contributed by atoms with Crippen LogP contribution >= 0.6 is 11.8 Å². The number of anilines is 1. The predicted molar refractivity (Wildman–Crippen MR) is 116 cm³/mol. The Hall–Kier alpha value is -1.95. The number of amides is 1. The van der Waals surface area contributed by atoms with Crippen LogP contribution in [0.5, 0.6) is 0 Å². The first-order valence-electron chi connectivity index (χ1n) is 10.1. The fourth-order valence-electron chi connectivity index (χ4n) is 3.22. The highest BCUT2D eigenvalue weighted by molar-refractivity contribution is 8.15. The minimum Gasteiger partial charge on any atom is -0.486 e. The molecule has 0 aromatic heterocycles. The quantitative estimate of drug-likeness (QED) is 0.374. The molecule has 1 amide bonds. The third-order valence-corrected chi connectivity index (χ3v) is 6.00. The van der Waals surface area contributed by atoms with Gasteiger partial charge in [0.15, 0.2) is 6.61 Å². The van der Waals surface area contributed by atoms with E-state index in [9.17, 15) is 9.59 Å². The number of carbonyl (C=O) groups is 2. The maximum Gasteiger partial charge on any atom is 0.276 e. The molecule has 5 nitrogen and oxygen atoms in total. The zero-order valence-electron chi connectivity index (χ0n) is 17.2. The van der Waals surface area contributed by atoms with Crippen molar-refractivity contribution in [2.75, 3.05) is 12.0 Å². The number of nitrogens with one attached hydrogen (secondary N) is 2. The first-order valence-corrected chi connectivity index (χ1v) is 10.9. The van der Waals surface area contributed by atoms with Gasteiger partial charge in [-0.1, -0.05) is 69.3 Å². The van der Waals surface area contributed by atoms with Crippen LogP contribution < -0.4 is 10.9 Å². The highest BCUT2D eigenvalue weighted by atomic mass is 32.2. The van der Waals surface area contributed by atoms with E-state index >= 15 is 0 Å². The molecule has 0 saturated carbocycles. The van der Waals surface area contributed by atoms with Gasteiger partial charge in [0.25, 0.3) is 5.91 Å². The second-order valence-corrected chi connectivity index (χ2v) is 9.02. The minimum absolute atomic E-state index is 0.00165.